The highest BCUT2D eigenvalue weighted by molar-refractivity contribution is 6.20. The van der Waals surface area contributed by atoms with Crippen molar-refractivity contribution < 1.29 is 4.74 Å². The SMILES string of the molecule is CC(C)Oc1cccc2c1nc(C(C)Cl)n2CC1CC1. The lowest BCUT2D eigenvalue weighted by Gasteiger charge is -2.11. The van der Waals surface area contributed by atoms with Crippen LogP contribution in [0.15, 0.2) is 18.2 Å². The average molecular weight is 293 g/mol. The highest BCUT2D eigenvalue weighted by atomic mass is 35.5. The molecule has 0 saturated heterocycles. The predicted molar refractivity (Wildman–Crippen MR) is 82.5 cm³/mol. The first kappa shape index (κ1) is 13.7. The van der Waals surface area contributed by atoms with Crippen LogP contribution in [0.3, 0.4) is 0 Å². The van der Waals surface area contributed by atoms with Crippen LogP contribution >= 0.6 is 11.6 Å². The van der Waals surface area contributed by atoms with Crippen molar-refractivity contribution in [3.05, 3.63) is 24.0 Å². The molecule has 0 bridgehead atoms. The largest absolute Gasteiger partial charge is 0.489 e. The molecule has 4 heteroatoms. The first-order valence-electron chi connectivity index (χ1n) is 7.36. The van der Waals surface area contributed by atoms with E-state index in [1.165, 1.54) is 12.8 Å². The Kier molecular flexibility index (Phi) is 3.63. The third-order valence-electron chi connectivity index (χ3n) is 3.63. The van der Waals surface area contributed by atoms with Gasteiger partial charge in [-0.25, -0.2) is 4.98 Å². The Morgan fingerprint density at radius 2 is 2.10 bits per heavy atom. The quantitative estimate of drug-likeness (QED) is 0.757. The van der Waals surface area contributed by atoms with Crippen molar-refractivity contribution in [1.29, 1.82) is 0 Å². The van der Waals surface area contributed by atoms with E-state index in [9.17, 15) is 0 Å². The summed E-state index contributed by atoms with van der Waals surface area (Å²) in [5, 5.41) is -0.0898. The van der Waals surface area contributed by atoms with Crippen molar-refractivity contribution in [3.63, 3.8) is 0 Å². The standard InChI is InChI=1S/C16H21ClN2O/c1-10(2)20-14-6-4-5-13-15(14)18-16(11(3)17)19(13)9-12-7-8-12/h4-6,10-12H,7-9H2,1-3H3. The minimum atomic E-state index is -0.0898. The number of imidazole rings is 1. The average Bonchev–Trinajstić information content (AvgIpc) is 3.10. The van der Waals surface area contributed by atoms with Crippen molar-refractivity contribution in [3.8, 4) is 5.75 Å². The zero-order valence-corrected chi connectivity index (χ0v) is 13.0. The number of halogens is 1. The monoisotopic (exact) mass is 292 g/mol. The first-order valence-corrected chi connectivity index (χ1v) is 7.79. The molecule has 0 aliphatic heterocycles. The molecule has 3 nitrogen and oxygen atoms in total. The predicted octanol–water partition coefficient (Wildman–Crippen LogP) is 4.53. The van der Waals surface area contributed by atoms with Crippen molar-refractivity contribution >= 4 is 22.6 Å². The lowest BCUT2D eigenvalue weighted by atomic mass is 10.2. The summed E-state index contributed by atoms with van der Waals surface area (Å²) in [6, 6.07) is 6.13. The molecular weight excluding hydrogens is 272 g/mol. The lowest BCUT2D eigenvalue weighted by Crippen LogP contribution is -2.06. The Hall–Kier alpha value is -1.22. The Morgan fingerprint density at radius 1 is 1.35 bits per heavy atom. The van der Waals surface area contributed by atoms with Gasteiger partial charge in [-0.2, -0.15) is 0 Å². The smallest absolute Gasteiger partial charge is 0.147 e. The van der Waals surface area contributed by atoms with Crippen LogP contribution in [0.25, 0.3) is 11.0 Å². The van der Waals surface area contributed by atoms with Crippen LogP contribution < -0.4 is 4.74 Å². The summed E-state index contributed by atoms with van der Waals surface area (Å²) in [5.74, 6) is 2.59. The molecule has 1 saturated carbocycles. The van der Waals surface area contributed by atoms with Crippen LogP contribution in [0, 0.1) is 5.92 Å². The topological polar surface area (TPSA) is 27.1 Å². The van der Waals surface area contributed by atoms with Crippen LogP contribution in [0.5, 0.6) is 5.75 Å². The number of para-hydroxylation sites is 1. The second kappa shape index (κ2) is 5.28. The number of benzene rings is 1. The molecule has 3 rings (SSSR count). The van der Waals surface area contributed by atoms with Gasteiger partial charge in [0.25, 0.3) is 0 Å². The summed E-state index contributed by atoms with van der Waals surface area (Å²) in [6.45, 7) is 7.07. The minimum absolute atomic E-state index is 0.0898. The van der Waals surface area contributed by atoms with E-state index < -0.39 is 0 Å². The second-order valence-electron chi connectivity index (χ2n) is 5.93. The van der Waals surface area contributed by atoms with E-state index in [4.69, 9.17) is 21.3 Å². The van der Waals surface area contributed by atoms with Gasteiger partial charge in [0.15, 0.2) is 0 Å². The molecule has 20 heavy (non-hydrogen) atoms. The molecule has 1 unspecified atom stereocenters. The fourth-order valence-electron chi connectivity index (χ4n) is 2.54. The van der Waals surface area contributed by atoms with E-state index in [1.54, 1.807) is 0 Å². The van der Waals surface area contributed by atoms with E-state index in [0.29, 0.717) is 0 Å². The van der Waals surface area contributed by atoms with Crippen molar-refractivity contribution in [2.75, 3.05) is 0 Å². The van der Waals surface area contributed by atoms with Crippen molar-refractivity contribution in [1.82, 2.24) is 9.55 Å². The molecule has 0 radical (unpaired) electrons. The Morgan fingerprint density at radius 3 is 2.70 bits per heavy atom. The molecule has 1 atom stereocenters. The van der Waals surface area contributed by atoms with Crippen molar-refractivity contribution in [2.24, 2.45) is 5.92 Å². The summed E-state index contributed by atoms with van der Waals surface area (Å²) in [6.07, 6.45) is 2.78. The highest BCUT2D eigenvalue weighted by Gasteiger charge is 2.26. The van der Waals surface area contributed by atoms with Gasteiger partial charge >= 0.3 is 0 Å². The minimum Gasteiger partial charge on any atom is -0.489 e. The number of aromatic nitrogens is 2. The van der Waals surface area contributed by atoms with Crippen LogP contribution in [0.4, 0.5) is 0 Å². The van der Waals surface area contributed by atoms with Gasteiger partial charge in [-0.1, -0.05) is 6.07 Å². The summed E-state index contributed by atoms with van der Waals surface area (Å²) < 4.78 is 8.15. The summed E-state index contributed by atoms with van der Waals surface area (Å²) in [7, 11) is 0. The highest BCUT2D eigenvalue weighted by Crippen LogP contribution is 2.36. The molecule has 108 valence electrons. The number of hydrogen-bond acceptors (Lipinski definition) is 2. The van der Waals surface area contributed by atoms with Crippen LogP contribution in [0.2, 0.25) is 0 Å². The fourth-order valence-corrected chi connectivity index (χ4v) is 2.71. The third-order valence-corrected chi connectivity index (χ3v) is 3.82. The van der Waals surface area contributed by atoms with Crippen LogP contribution in [-0.4, -0.2) is 15.7 Å². The van der Waals surface area contributed by atoms with Gasteiger partial charge in [0.05, 0.1) is 17.0 Å². The van der Waals surface area contributed by atoms with Crippen molar-refractivity contribution in [2.45, 2.75) is 51.6 Å². The maximum Gasteiger partial charge on any atom is 0.147 e. The number of ether oxygens (including phenoxy) is 1. The molecule has 1 aliphatic carbocycles. The zero-order valence-electron chi connectivity index (χ0n) is 12.3. The molecule has 2 aromatic rings. The Labute approximate surface area is 124 Å². The van der Waals surface area contributed by atoms with Crippen LogP contribution in [0.1, 0.15) is 44.8 Å². The van der Waals surface area contributed by atoms with Gasteiger partial charge in [-0.3, -0.25) is 0 Å². The lowest BCUT2D eigenvalue weighted by molar-refractivity contribution is 0.245. The molecule has 0 N–H and O–H groups in total. The number of alkyl halides is 1. The maximum absolute atomic E-state index is 6.32. The van der Waals surface area contributed by atoms with E-state index in [1.807, 2.05) is 32.9 Å². The molecular formula is C16H21ClN2O. The van der Waals surface area contributed by atoms with Gasteiger partial charge < -0.3 is 9.30 Å². The van der Waals surface area contributed by atoms with Gasteiger partial charge in [0.1, 0.15) is 17.1 Å². The molecule has 0 spiro atoms. The molecule has 1 aromatic heterocycles. The number of fused-ring (bicyclic) bond motifs is 1. The normalized spacial score (nSPS) is 16.9. The third kappa shape index (κ3) is 2.64. The van der Waals surface area contributed by atoms with E-state index in [0.717, 1.165) is 35.1 Å². The first-order chi connectivity index (χ1) is 9.56. The van der Waals surface area contributed by atoms with E-state index >= 15 is 0 Å². The van der Waals surface area contributed by atoms with Gasteiger partial charge in [-0.05, 0) is 51.7 Å². The molecule has 1 aromatic carbocycles. The Balaban J connectivity index is 2.11. The number of nitrogens with zero attached hydrogens (tertiary/aromatic N) is 2. The van der Waals surface area contributed by atoms with Gasteiger partial charge in [-0.15, -0.1) is 11.6 Å². The summed E-state index contributed by atoms with van der Waals surface area (Å²) >= 11 is 6.32. The van der Waals surface area contributed by atoms with Crippen LogP contribution in [-0.2, 0) is 6.54 Å². The van der Waals surface area contributed by atoms with Gasteiger partial charge in [0.2, 0.25) is 0 Å². The van der Waals surface area contributed by atoms with Gasteiger partial charge in [0, 0.05) is 6.54 Å². The Bertz CT molecular complexity index is 614. The number of hydrogen-bond donors (Lipinski definition) is 0. The second-order valence-corrected chi connectivity index (χ2v) is 6.59. The number of rotatable bonds is 5. The molecule has 1 heterocycles. The fraction of sp³-hybridized carbons (Fsp3) is 0.562. The van der Waals surface area contributed by atoms with E-state index in [2.05, 4.69) is 10.6 Å². The molecule has 1 aliphatic rings. The summed E-state index contributed by atoms with van der Waals surface area (Å²) in [4.78, 5) is 4.75. The summed E-state index contributed by atoms with van der Waals surface area (Å²) in [5.41, 5.74) is 2.07. The molecule has 0 amide bonds. The maximum atomic E-state index is 6.32. The van der Waals surface area contributed by atoms with E-state index in [-0.39, 0.29) is 11.5 Å². The molecule has 1 fully saturated rings. The zero-order chi connectivity index (χ0) is 14.3.